The molecule has 1 N–H and O–H groups in total. The van der Waals surface area contributed by atoms with E-state index >= 15 is 0 Å². The van der Waals surface area contributed by atoms with Crippen LogP contribution in [0.25, 0.3) is 17.2 Å². The number of nitriles is 2. The van der Waals surface area contributed by atoms with Gasteiger partial charge in [-0.05, 0) is 25.0 Å². The summed E-state index contributed by atoms with van der Waals surface area (Å²) in [4.78, 5) is 26.6. The van der Waals surface area contributed by atoms with Gasteiger partial charge in [0.1, 0.15) is 41.0 Å². The van der Waals surface area contributed by atoms with Crippen molar-refractivity contribution in [2.45, 2.75) is 25.3 Å². The first-order chi connectivity index (χ1) is 14.6. The van der Waals surface area contributed by atoms with E-state index in [1.807, 2.05) is 6.07 Å². The van der Waals surface area contributed by atoms with E-state index in [2.05, 4.69) is 26.3 Å². The van der Waals surface area contributed by atoms with Gasteiger partial charge < -0.3 is 10.2 Å². The van der Waals surface area contributed by atoms with Gasteiger partial charge in [-0.1, -0.05) is 0 Å². The normalized spacial score (nSPS) is 16.1. The number of imidazole rings is 1. The van der Waals surface area contributed by atoms with Crippen molar-refractivity contribution < 1.29 is 9.18 Å². The van der Waals surface area contributed by atoms with E-state index in [1.54, 1.807) is 21.6 Å². The third-order valence-corrected chi connectivity index (χ3v) is 4.95. The van der Waals surface area contributed by atoms with Crippen molar-refractivity contribution in [1.82, 2.24) is 24.3 Å². The van der Waals surface area contributed by atoms with Gasteiger partial charge >= 0.3 is 0 Å². The number of aromatic nitrogens is 4. The van der Waals surface area contributed by atoms with E-state index in [0.29, 0.717) is 36.1 Å². The molecule has 0 aromatic carbocycles. The number of nitrogens with zero attached hydrogens (tertiary/aromatic N) is 7. The summed E-state index contributed by atoms with van der Waals surface area (Å²) in [6.07, 6.45) is 5.67. The molecule has 1 aliphatic rings. The second kappa shape index (κ2) is 8.13. The zero-order valence-electron chi connectivity index (χ0n) is 15.9. The van der Waals surface area contributed by atoms with Crippen LogP contribution >= 0.6 is 0 Å². The highest BCUT2D eigenvalue weighted by molar-refractivity contribution is 5.78. The summed E-state index contributed by atoms with van der Waals surface area (Å²) >= 11 is 0. The molecular weight excluding hydrogens is 387 g/mol. The van der Waals surface area contributed by atoms with Crippen LogP contribution in [0.4, 0.5) is 10.2 Å². The monoisotopic (exact) mass is 404 g/mol. The van der Waals surface area contributed by atoms with Crippen LogP contribution in [0, 0.1) is 28.5 Å². The summed E-state index contributed by atoms with van der Waals surface area (Å²) in [7, 11) is 0. The lowest BCUT2D eigenvalue weighted by molar-refractivity contribution is -0.131. The Balaban J connectivity index is 1.62. The minimum absolute atomic E-state index is 0.115. The third-order valence-electron chi connectivity index (χ3n) is 4.95. The summed E-state index contributed by atoms with van der Waals surface area (Å²) in [5.41, 5.74) is 1.30. The number of nitrogens with one attached hydrogen (secondary N) is 1. The van der Waals surface area contributed by atoms with E-state index < -0.39 is 5.82 Å². The van der Waals surface area contributed by atoms with E-state index in [9.17, 15) is 14.4 Å². The Hall–Kier alpha value is -4.05. The molecule has 4 rings (SSSR count). The molecule has 3 aromatic rings. The number of amides is 1. The molecule has 10 heteroatoms. The average molecular weight is 404 g/mol. The number of carbonyl (C=O) groups is 1. The van der Waals surface area contributed by atoms with Crippen molar-refractivity contribution in [2.24, 2.45) is 0 Å². The Morgan fingerprint density at radius 1 is 1.30 bits per heavy atom. The van der Waals surface area contributed by atoms with Gasteiger partial charge in [-0.3, -0.25) is 9.20 Å². The van der Waals surface area contributed by atoms with Crippen molar-refractivity contribution in [3.63, 3.8) is 0 Å². The zero-order chi connectivity index (χ0) is 21.1. The van der Waals surface area contributed by atoms with E-state index in [1.165, 1.54) is 18.5 Å². The van der Waals surface area contributed by atoms with Gasteiger partial charge in [0.15, 0.2) is 5.82 Å². The van der Waals surface area contributed by atoms with Crippen LogP contribution in [0.5, 0.6) is 0 Å². The van der Waals surface area contributed by atoms with Crippen molar-refractivity contribution >= 4 is 17.4 Å². The fourth-order valence-corrected chi connectivity index (χ4v) is 3.51. The molecule has 1 atom stereocenters. The van der Waals surface area contributed by atoms with Gasteiger partial charge in [-0.15, -0.1) is 0 Å². The molecule has 150 valence electrons. The quantitative estimate of drug-likeness (QED) is 0.706. The second-order valence-electron chi connectivity index (χ2n) is 6.94. The summed E-state index contributed by atoms with van der Waals surface area (Å²) in [6.45, 7) is 1.03. The number of hydrogen-bond acceptors (Lipinski definition) is 7. The molecule has 0 saturated carbocycles. The number of rotatable bonds is 4. The van der Waals surface area contributed by atoms with Crippen LogP contribution < -0.4 is 5.32 Å². The number of carbonyl (C=O) groups excluding carboxylic acids is 1. The Morgan fingerprint density at radius 2 is 2.17 bits per heavy atom. The van der Waals surface area contributed by atoms with Gasteiger partial charge in [0.25, 0.3) is 0 Å². The van der Waals surface area contributed by atoms with E-state index in [-0.39, 0.29) is 23.9 Å². The fraction of sp³-hybridized carbons (Fsp3) is 0.300. The lowest BCUT2D eigenvalue weighted by atomic mass is 10.1. The number of likely N-dealkylation sites (tertiary alicyclic amines) is 1. The number of piperidine rings is 1. The van der Waals surface area contributed by atoms with Gasteiger partial charge in [-0.25, -0.2) is 19.3 Å². The van der Waals surface area contributed by atoms with Gasteiger partial charge in [0.05, 0.1) is 18.5 Å². The molecule has 1 aliphatic heterocycles. The van der Waals surface area contributed by atoms with Crippen LogP contribution in [0.3, 0.4) is 0 Å². The standard InChI is InChI=1S/C20H17FN8O/c21-14-3-4-17-24-10-16(29(17)11-14)20-25-9-13(8-23)19(27-20)26-15-2-1-7-28(12-15)18(30)5-6-22/h3-4,9-11,15H,1-2,5,7,12H2,(H,25,26,27). The second-order valence-corrected chi connectivity index (χ2v) is 6.94. The first-order valence-corrected chi connectivity index (χ1v) is 9.40. The lowest BCUT2D eigenvalue weighted by Crippen LogP contribution is -2.45. The number of halogens is 1. The fourth-order valence-electron chi connectivity index (χ4n) is 3.51. The van der Waals surface area contributed by atoms with Crippen LogP contribution in [-0.2, 0) is 4.79 Å². The topological polar surface area (TPSA) is 123 Å². The predicted octanol–water partition coefficient (Wildman–Crippen LogP) is 2.12. The highest BCUT2D eigenvalue weighted by Gasteiger charge is 2.24. The van der Waals surface area contributed by atoms with Gasteiger partial charge in [-0.2, -0.15) is 10.5 Å². The molecule has 0 bridgehead atoms. The molecule has 1 amide bonds. The van der Waals surface area contributed by atoms with Gasteiger partial charge in [0.2, 0.25) is 5.91 Å². The molecule has 30 heavy (non-hydrogen) atoms. The molecule has 0 aliphatic carbocycles. The van der Waals surface area contributed by atoms with Crippen LogP contribution in [0.1, 0.15) is 24.8 Å². The number of fused-ring (bicyclic) bond motifs is 1. The summed E-state index contributed by atoms with van der Waals surface area (Å²) < 4.78 is 15.2. The van der Waals surface area contributed by atoms with Crippen molar-refractivity contribution in [2.75, 3.05) is 18.4 Å². The lowest BCUT2D eigenvalue weighted by Gasteiger charge is -2.33. The van der Waals surface area contributed by atoms with Crippen molar-refractivity contribution in [3.8, 4) is 23.7 Å². The van der Waals surface area contributed by atoms with E-state index in [0.717, 1.165) is 12.8 Å². The Kier molecular flexibility index (Phi) is 5.22. The minimum atomic E-state index is -0.418. The molecule has 9 nitrogen and oxygen atoms in total. The molecular formula is C20H17FN8O. The van der Waals surface area contributed by atoms with E-state index in [4.69, 9.17) is 5.26 Å². The maximum Gasteiger partial charge on any atom is 0.236 e. The molecule has 1 fully saturated rings. The summed E-state index contributed by atoms with van der Waals surface area (Å²) in [6, 6.07) is 6.70. The summed E-state index contributed by atoms with van der Waals surface area (Å²) in [5.74, 6) is 0.00924. The van der Waals surface area contributed by atoms with Gasteiger partial charge in [0, 0.05) is 25.3 Å². The smallest absolute Gasteiger partial charge is 0.236 e. The first-order valence-electron chi connectivity index (χ1n) is 9.40. The molecule has 1 unspecified atom stereocenters. The highest BCUT2D eigenvalue weighted by Crippen LogP contribution is 2.23. The third kappa shape index (κ3) is 3.76. The molecule has 0 radical (unpaired) electrons. The molecule has 1 saturated heterocycles. The summed E-state index contributed by atoms with van der Waals surface area (Å²) in [5, 5.41) is 21.4. The molecule has 3 aromatic heterocycles. The number of hydrogen-bond donors (Lipinski definition) is 1. The van der Waals surface area contributed by atoms with Crippen LogP contribution in [-0.4, -0.2) is 49.3 Å². The maximum absolute atomic E-state index is 13.7. The average Bonchev–Trinajstić information content (AvgIpc) is 3.17. The SMILES string of the molecule is N#CCC(=O)N1CCCC(Nc2nc(-c3cnc4ccc(F)cn34)ncc2C#N)C1. The predicted molar refractivity (Wildman–Crippen MR) is 104 cm³/mol. The highest BCUT2D eigenvalue weighted by atomic mass is 19.1. The Morgan fingerprint density at radius 3 is 2.97 bits per heavy atom. The zero-order valence-corrected chi connectivity index (χ0v) is 15.9. The number of pyridine rings is 1. The van der Waals surface area contributed by atoms with Crippen molar-refractivity contribution in [1.29, 1.82) is 10.5 Å². The minimum Gasteiger partial charge on any atom is -0.364 e. The molecule has 0 spiro atoms. The number of anilines is 1. The maximum atomic E-state index is 13.7. The first kappa shape index (κ1) is 19.3. The van der Waals surface area contributed by atoms with Crippen molar-refractivity contribution in [3.05, 3.63) is 42.1 Å². The Bertz CT molecular complexity index is 1190. The van der Waals surface area contributed by atoms with Crippen LogP contribution in [0.15, 0.2) is 30.7 Å². The largest absolute Gasteiger partial charge is 0.364 e. The molecule has 4 heterocycles. The van der Waals surface area contributed by atoms with Crippen LogP contribution in [0.2, 0.25) is 0 Å². The Labute approximate surface area is 171 Å².